The highest BCUT2D eigenvalue weighted by molar-refractivity contribution is 7.15. The Morgan fingerprint density at radius 3 is 2.69 bits per heavy atom. The number of carbonyl (C=O) groups excluding carboxylic acids is 4. The minimum absolute atomic E-state index is 0.0557. The first-order valence-electron chi connectivity index (χ1n) is 11.8. The molecule has 2 aliphatic heterocycles. The number of piperazine rings is 1. The second kappa shape index (κ2) is 11.2. The number of rotatable bonds is 7. The molecule has 0 aliphatic carbocycles. The van der Waals surface area contributed by atoms with Crippen LogP contribution < -0.4 is 21.0 Å². The minimum Gasteiger partial charge on any atom is -0.535 e. The van der Waals surface area contributed by atoms with E-state index in [4.69, 9.17) is 10.4 Å². The summed E-state index contributed by atoms with van der Waals surface area (Å²) in [4.78, 5) is 68.3. The fourth-order valence-electron chi connectivity index (χ4n) is 4.27. The van der Waals surface area contributed by atoms with Crippen LogP contribution in [-0.2, 0) is 20.8 Å². The highest BCUT2D eigenvalue weighted by atomic mass is 32.1. The number of imide groups is 1. The molecule has 1 fully saturated rings. The van der Waals surface area contributed by atoms with Gasteiger partial charge in [-0.3, -0.25) is 19.3 Å². The van der Waals surface area contributed by atoms with Gasteiger partial charge in [0.1, 0.15) is 23.2 Å². The number of likely N-dealkylation sites (N-methyl/N-ethyl adjacent to an activating group) is 1. The molecular formula is C22H24BFN6O8S. The van der Waals surface area contributed by atoms with Gasteiger partial charge in [-0.05, 0) is 25.0 Å². The number of nitrogens with zero attached hydrogens (tertiary/aromatic N) is 3. The molecule has 0 bridgehead atoms. The zero-order valence-electron chi connectivity index (χ0n) is 20.5. The zero-order valence-corrected chi connectivity index (χ0v) is 21.4. The lowest BCUT2D eigenvalue weighted by Gasteiger charge is -2.32. The predicted molar refractivity (Wildman–Crippen MR) is 134 cm³/mol. The molecule has 6 N–H and O–H groups in total. The van der Waals surface area contributed by atoms with Crippen LogP contribution in [0.25, 0.3) is 0 Å². The van der Waals surface area contributed by atoms with E-state index in [-0.39, 0.29) is 41.8 Å². The van der Waals surface area contributed by atoms with E-state index in [1.807, 2.05) is 0 Å². The van der Waals surface area contributed by atoms with E-state index in [9.17, 15) is 38.5 Å². The van der Waals surface area contributed by atoms with Gasteiger partial charge < -0.3 is 36.1 Å². The van der Waals surface area contributed by atoms with E-state index in [2.05, 4.69) is 15.6 Å². The van der Waals surface area contributed by atoms with Crippen LogP contribution in [0.1, 0.15) is 33.8 Å². The molecule has 0 radical (unpaired) electrons. The number of nitrogens with two attached hydrogens (primary N) is 1. The molecule has 206 valence electrons. The molecule has 0 saturated carbocycles. The quantitative estimate of drug-likeness (QED) is 0.218. The molecule has 5 amide bonds. The molecule has 39 heavy (non-hydrogen) atoms. The Labute approximate surface area is 225 Å². The molecule has 17 heteroatoms. The third-order valence-electron chi connectivity index (χ3n) is 6.36. The first kappa shape index (κ1) is 27.8. The maximum Gasteiger partial charge on any atom is 0.528 e. The second-order valence-corrected chi connectivity index (χ2v) is 9.85. The summed E-state index contributed by atoms with van der Waals surface area (Å²) in [7, 11) is -1.57. The first-order chi connectivity index (χ1) is 18.5. The van der Waals surface area contributed by atoms with Crippen molar-refractivity contribution >= 4 is 53.3 Å². The number of hydrogen-bond acceptors (Lipinski definition) is 10. The molecule has 4 rings (SSSR count). The molecule has 1 aromatic carbocycles. The van der Waals surface area contributed by atoms with E-state index in [1.165, 1.54) is 17.2 Å². The van der Waals surface area contributed by atoms with Crippen LogP contribution in [-0.4, -0.2) is 87.9 Å². The van der Waals surface area contributed by atoms with E-state index < -0.39 is 60.1 Å². The number of carbonyl (C=O) groups is 5. The average molecular weight is 562 g/mol. The van der Waals surface area contributed by atoms with Crippen LogP contribution in [0.3, 0.4) is 0 Å². The Hall–Kier alpha value is -4.25. The Bertz CT molecular complexity index is 1340. The topological polar surface area (TPSA) is 204 Å². The maximum absolute atomic E-state index is 14.0. The Morgan fingerprint density at radius 2 is 2.05 bits per heavy atom. The van der Waals surface area contributed by atoms with Gasteiger partial charge in [-0.15, -0.1) is 0 Å². The van der Waals surface area contributed by atoms with Crippen molar-refractivity contribution in [3.05, 3.63) is 40.2 Å². The van der Waals surface area contributed by atoms with E-state index in [0.29, 0.717) is 17.0 Å². The third-order valence-corrected chi connectivity index (χ3v) is 7.25. The maximum atomic E-state index is 14.0. The van der Waals surface area contributed by atoms with Crippen LogP contribution in [0.5, 0.6) is 5.75 Å². The predicted octanol–water partition coefficient (Wildman–Crippen LogP) is -0.394. The lowest BCUT2D eigenvalue weighted by molar-refractivity contribution is -0.153. The summed E-state index contributed by atoms with van der Waals surface area (Å²) in [6, 6.07) is -0.00159. The van der Waals surface area contributed by atoms with Crippen molar-refractivity contribution in [2.45, 2.75) is 25.2 Å². The Balaban J connectivity index is 1.47. The molecule has 2 aromatic rings. The fourth-order valence-corrected chi connectivity index (χ4v) is 5.01. The number of halogens is 1. The van der Waals surface area contributed by atoms with Gasteiger partial charge in [-0.25, -0.2) is 19.0 Å². The highest BCUT2D eigenvalue weighted by Gasteiger charge is 2.40. The van der Waals surface area contributed by atoms with Crippen LogP contribution in [0.4, 0.5) is 14.3 Å². The number of aromatic nitrogens is 1. The molecule has 1 unspecified atom stereocenters. The van der Waals surface area contributed by atoms with E-state index in [0.717, 1.165) is 17.4 Å². The molecule has 1 aromatic heterocycles. The van der Waals surface area contributed by atoms with Crippen LogP contribution in [0, 0.1) is 5.82 Å². The minimum atomic E-state index is -1.57. The number of nitrogens with one attached hydrogen (secondary N) is 2. The second-order valence-electron chi connectivity index (χ2n) is 8.76. The van der Waals surface area contributed by atoms with E-state index >= 15 is 0 Å². The largest absolute Gasteiger partial charge is 0.535 e. The van der Waals surface area contributed by atoms with Gasteiger partial charge in [0.05, 0.1) is 4.88 Å². The number of anilines is 1. The summed E-state index contributed by atoms with van der Waals surface area (Å²) in [6.45, 7) is 1.91. The van der Waals surface area contributed by atoms with Crippen LogP contribution >= 0.6 is 11.3 Å². The summed E-state index contributed by atoms with van der Waals surface area (Å²) in [5, 5.41) is 24.9. The van der Waals surface area contributed by atoms with Gasteiger partial charge in [0.25, 0.3) is 0 Å². The first-order valence-corrected chi connectivity index (χ1v) is 12.6. The number of nitrogen functional groups attached to an aromatic ring is 1. The van der Waals surface area contributed by atoms with Crippen molar-refractivity contribution in [3.8, 4) is 5.75 Å². The summed E-state index contributed by atoms with van der Waals surface area (Å²) in [5.41, 5.74) is 5.31. The summed E-state index contributed by atoms with van der Waals surface area (Å²) in [5.74, 6) is -6.20. The number of fused-ring (bicyclic) bond motifs is 1. The molecule has 1 saturated heterocycles. The summed E-state index contributed by atoms with van der Waals surface area (Å²) >= 11 is 0.924. The van der Waals surface area contributed by atoms with Gasteiger partial charge in [0, 0.05) is 38.2 Å². The molecule has 2 atom stereocenters. The standard InChI is InChI=1S/C22H24BFN6O8S/c1-2-29-5-6-30(19(33)18(29)32)22(36)28-15(13-9-27-21(25)39-13)17(31)26-8-11-7-10-3-4-12(24)14(20(34)35)16(10)38-23(11)37/h3-4,9,11,15,37H,2,5-8H2,1H3,(H2,25,27)(H,26,31)(H,28,36)(H,34,35)/t11-,15?/m1/s1. The highest BCUT2D eigenvalue weighted by Crippen LogP contribution is 2.36. The summed E-state index contributed by atoms with van der Waals surface area (Å²) in [6.07, 6.45) is 1.34. The number of aromatic carboxylic acids is 1. The number of thiazole rings is 1. The van der Waals surface area contributed by atoms with Gasteiger partial charge >= 0.3 is 30.9 Å². The van der Waals surface area contributed by atoms with Crippen molar-refractivity contribution in [3.63, 3.8) is 0 Å². The number of hydrogen-bond donors (Lipinski definition) is 5. The van der Waals surface area contributed by atoms with Crippen LogP contribution in [0.2, 0.25) is 5.82 Å². The number of carboxylic acids is 1. The normalized spacial score (nSPS) is 17.8. The van der Waals surface area contributed by atoms with Gasteiger partial charge in [0.2, 0.25) is 5.91 Å². The molecular weight excluding hydrogens is 538 g/mol. The smallest absolute Gasteiger partial charge is 0.528 e. The Morgan fingerprint density at radius 1 is 1.31 bits per heavy atom. The number of benzene rings is 1. The number of urea groups is 1. The van der Waals surface area contributed by atoms with Crippen molar-refractivity contribution < 1.29 is 43.1 Å². The molecule has 14 nitrogen and oxygen atoms in total. The lowest BCUT2D eigenvalue weighted by Crippen LogP contribution is -2.59. The monoisotopic (exact) mass is 562 g/mol. The van der Waals surface area contributed by atoms with Crippen molar-refractivity contribution in [1.29, 1.82) is 0 Å². The fraction of sp³-hybridized carbons (Fsp3) is 0.364. The summed E-state index contributed by atoms with van der Waals surface area (Å²) < 4.78 is 19.3. The van der Waals surface area contributed by atoms with E-state index in [1.54, 1.807) is 6.92 Å². The van der Waals surface area contributed by atoms with Gasteiger partial charge in [-0.2, -0.15) is 0 Å². The Kier molecular flexibility index (Phi) is 8.01. The van der Waals surface area contributed by atoms with Gasteiger partial charge in [0.15, 0.2) is 5.13 Å². The molecule has 2 aliphatic rings. The van der Waals surface area contributed by atoms with Crippen molar-refractivity contribution in [2.75, 3.05) is 31.9 Å². The van der Waals surface area contributed by atoms with Crippen molar-refractivity contribution in [2.24, 2.45) is 0 Å². The zero-order chi connectivity index (χ0) is 28.4. The molecule has 3 heterocycles. The van der Waals surface area contributed by atoms with Gasteiger partial charge in [-0.1, -0.05) is 17.4 Å². The lowest BCUT2D eigenvalue weighted by atomic mass is 9.66. The SMILES string of the molecule is CCN1CCN(C(=O)NC(C(=O)NC[C@H]2Cc3ccc(F)c(C(=O)O)c3OB2O)c2cnc(N)s2)C(=O)C1=O. The number of amides is 5. The number of carboxylic acid groups (broad SMARTS) is 1. The molecule has 0 spiro atoms. The average Bonchev–Trinajstić information content (AvgIpc) is 3.32. The third kappa shape index (κ3) is 5.63. The van der Waals surface area contributed by atoms with Crippen molar-refractivity contribution in [1.82, 2.24) is 25.4 Å². The van der Waals surface area contributed by atoms with Crippen LogP contribution in [0.15, 0.2) is 18.3 Å².